The van der Waals surface area contributed by atoms with E-state index in [1.807, 2.05) is 6.92 Å². The first-order valence-corrected chi connectivity index (χ1v) is 5.67. The molecule has 2 rings (SSSR count). The lowest BCUT2D eigenvalue weighted by Gasteiger charge is -2.02. The molecule has 0 N–H and O–H groups in total. The average molecular weight is 186 g/mol. The SMILES string of the molecule is CC#CC1=CC2CC2C(CCC)=CC1. The van der Waals surface area contributed by atoms with Crippen LogP contribution in [0.2, 0.25) is 0 Å². The number of hydrogen-bond acceptors (Lipinski definition) is 0. The second kappa shape index (κ2) is 4.05. The van der Waals surface area contributed by atoms with Crippen LogP contribution in [0.15, 0.2) is 23.3 Å². The second-order valence-corrected chi connectivity index (χ2v) is 4.31. The van der Waals surface area contributed by atoms with Gasteiger partial charge in [0.15, 0.2) is 0 Å². The molecule has 0 heterocycles. The molecule has 14 heavy (non-hydrogen) atoms. The highest BCUT2D eigenvalue weighted by molar-refractivity contribution is 5.37. The smallest absolute Gasteiger partial charge is 0.00211 e. The lowest BCUT2D eigenvalue weighted by atomic mass is 10.0. The lowest BCUT2D eigenvalue weighted by Crippen LogP contribution is -1.86. The van der Waals surface area contributed by atoms with Crippen molar-refractivity contribution in [2.24, 2.45) is 11.8 Å². The van der Waals surface area contributed by atoms with Crippen molar-refractivity contribution in [2.45, 2.75) is 39.5 Å². The molecule has 2 aliphatic carbocycles. The third-order valence-corrected chi connectivity index (χ3v) is 3.14. The standard InChI is InChI=1S/C14H18/c1-3-5-11-7-8-12(6-4-2)14-10-13(14)9-11/h8-9,13-14H,4,6-7,10H2,1-2H3. The van der Waals surface area contributed by atoms with Crippen LogP contribution in [0.5, 0.6) is 0 Å². The van der Waals surface area contributed by atoms with Crippen LogP contribution >= 0.6 is 0 Å². The van der Waals surface area contributed by atoms with E-state index >= 15 is 0 Å². The summed E-state index contributed by atoms with van der Waals surface area (Å²) in [6, 6.07) is 0. The van der Waals surface area contributed by atoms with Gasteiger partial charge >= 0.3 is 0 Å². The van der Waals surface area contributed by atoms with Gasteiger partial charge in [0.25, 0.3) is 0 Å². The number of allylic oxidation sites excluding steroid dienone is 4. The molecule has 1 saturated carbocycles. The molecule has 0 aromatic carbocycles. The molecule has 0 aliphatic heterocycles. The van der Waals surface area contributed by atoms with Crippen molar-refractivity contribution in [1.29, 1.82) is 0 Å². The Kier molecular flexibility index (Phi) is 2.77. The Hall–Kier alpha value is -0.960. The first-order chi connectivity index (χ1) is 6.85. The summed E-state index contributed by atoms with van der Waals surface area (Å²) in [5.41, 5.74) is 3.03. The molecule has 0 spiro atoms. The molecule has 0 radical (unpaired) electrons. The van der Waals surface area contributed by atoms with Gasteiger partial charge in [0.05, 0.1) is 0 Å². The zero-order valence-electron chi connectivity index (χ0n) is 9.14. The Labute approximate surface area is 87.1 Å². The fourth-order valence-corrected chi connectivity index (χ4v) is 2.37. The van der Waals surface area contributed by atoms with Gasteiger partial charge in [0.2, 0.25) is 0 Å². The van der Waals surface area contributed by atoms with Gasteiger partial charge in [-0.05, 0) is 38.0 Å². The highest BCUT2D eigenvalue weighted by Crippen LogP contribution is 2.48. The van der Waals surface area contributed by atoms with Gasteiger partial charge in [-0.25, -0.2) is 0 Å². The Morgan fingerprint density at radius 2 is 2.36 bits per heavy atom. The van der Waals surface area contributed by atoms with Gasteiger partial charge < -0.3 is 0 Å². The molecule has 2 aliphatic rings. The zero-order valence-corrected chi connectivity index (χ0v) is 9.14. The van der Waals surface area contributed by atoms with Crippen LogP contribution in [0.3, 0.4) is 0 Å². The maximum atomic E-state index is 3.21. The van der Waals surface area contributed by atoms with E-state index in [2.05, 4.69) is 30.9 Å². The van der Waals surface area contributed by atoms with E-state index in [9.17, 15) is 0 Å². The van der Waals surface area contributed by atoms with E-state index in [0.717, 1.165) is 18.3 Å². The van der Waals surface area contributed by atoms with E-state index in [0.29, 0.717) is 0 Å². The molecular weight excluding hydrogens is 168 g/mol. The topological polar surface area (TPSA) is 0 Å². The summed E-state index contributed by atoms with van der Waals surface area (Å²) in [6.45, 7) is 4.19. The minimum atomic E-state index is 0.825. The first kappa shape index (κ1) is 9.59. The lowest BCUT2D eigenvalue weighted by molar-refractivity contribution is 0.798. The second-order valence-electron chi connectivity index (χ2n) is 4.31. The van der Waals surface area contributed by atoms with E-state index in [1.54, 1.807) is 5.57 Å². The van der Waals surface area contributed by atoms with Gasteiger partial charge in [0.1, 0.15) is 0 Å². The van der Waals surface area contributed by atoms with Crippen molar-refractivity contribution in [3.8, 4) is 11.8 Å². The first-order valence-electron chi connectivity index (χ1n) is 5.67. The van der Waals surface area contributed by atoms with Crippen LogP contribution in [0.4, 0.5) is 0 Å². The Bertz CT molecular complexity index is 333. The third-order valence-electron chi connectivity index (χ3n) is 3.14. The van der Waals surface area contributed by atoms with Crippen LogP contribution in [-0.4, -0.2) is 0 Å². The largest absolute Gasteiger partial charge is 0.102 e. The molecule has 0 aromatic rings. The van der Waals surface area contributed by atoms with Crippen molar-refractivity contribution >= 4 is 0 Å². The molecule has 74 valence electrons. The fourth-order valence-electron chi connectivity index (χ4n) is 2.37. The summed E-state index contributed by atoms with van der Waals surface area (Å²) in [5.74, 6) is 7.92. The quantitative estimate of drug-likeness (QED) is 0.455. The maximum Gasteiger partial charge on any atom is 0.00211 e. The van der Waals surface area contributed by atoms with Crippen molar-refractivity contribution < 1.29 is 0 Å². The normalized spacial score (nSPS) is 29.0. The highest BCUT2D eigenvalue weighted by atomic mass is 14.4. The summed E-state index contributed by atoms with van der Waals surface area (Å²) in [4.78, 5) is 0. The van der Waals surface area contributed by atoms with E-state index < -0.39 is 0 Å². The van der Waals surface area contributed by atoms with Crippen LogP contribution in [0.25, 0.3) is 0 Å². The maximum absolute atomic E-state index is 3.21. The molecule has 2 unspecified atom stereocenters. The van der Waals surface area contributed by atoms with Crippen LogP contribution < -0.4 is 0 Å². The van der Waals surface area contributed by atoms with E-state index in [1.165, 1.54) is 24.8 Å². The van der Waals surface area contributed by atoms with Crippen molar-refractivity contribution in [3.05, 3.63) is 23.3 Å². The molecule has 0 heteroatoms. The third kappa shape index (κ3) is 1.93. The average Bonchev–Trinajstić information content (AvgIpc) is 2.90. The van der Waals surface area contributed by atoms with Crippen LogP contribution in [0.1, 0.15) is 39.5 Å². The van der Waals surface area contributed by atoms with Gasteiger partial charge in [-0.2, -0.15) is 0 Å². The number of rotatable bonds is 2. The number of fused-ring (bicyclic) bond motifs is 1. The summed E-state index contributed by atoms with van der Waals surface area (Å²) in [5, 5.41) is 0. The summed E-state index contributed by atoms with van der Waals surface area (Å²) in [6.07, 6.45) is 9.85. The predicted octanol–water partition coefficient (Wildman–Crippen LogP) is 3.70. The Morgan fingerprint density at radius 1 is 1.50 bits per heavy atom. The van der Waals surface area contributed by atoms with E-state index in [-0.39, 0.29) is 0 Å². The highest BCUT2D eigenvalue weighted by Gasteiger charge is 2.38. The van der Waals surface area contributed by atoms with Gasteiger partial charge in [-0.15, -0.1) is 5.92 Å². The van der Waals surface area contributed by atoms with Crippen LogP contribution in [0, 0.1) is 23.7 Å². The summed E-state index contributed by atoms with van der Waals surface area (Å²) >= 11 is 0. The van der Waals surface area contributed by atoms with Crippen molar-refractivity contribution in [1.82, 2.24) is 0 Å². The van der Waals surface area contributed by atoms with E-state index in [4.69, 9.17) is 0 Å². The zero-order chi connectivity index (χ0) is 9.97. The monoisotopic (exact) mass is 186 g/mol. The van der Waals surface area contributed by atoms with Crippen LogP contribution in [-0.2, 0) is 0 Å². The molecule has 0 aromatic heterocycles. The van der Waals surface area contributed by atoms with Gasteiger partial charge in [-0.3, -0.25) is 0 Å². The molecule has 0 amide bonds. The molecule has 2 atom stereocenters. The Balaban J connectivity index is 2.11. The minimum Gasteiger partial charge on any atom is -0.102 e. The molecule has 0 bridgehead atoms. The van der Waals surface area contributed by atoms with Crippen molar-refractivity contribution in [2.75, 3.05) is 0 Å². The molecule has 1 fully saturated rings. The van der Waals surface area contributed by atoms with Crippen molar-refractivity contribution in [3.63, 3.8) is 0 Å². The molecule has 0 saturated heterocycles. The number of hydrogen-bond donors (Lipinski definition) is 0. The Morgan fingerprint density at radius 3 is 3.07 bits per heavy atom. The molecule has 0 nitrogen and oxygen atoms in total. The predicted molar refractivity (Wildman–Crippen MR) is 60.7 cm³/mol. The fraction of sp³-hybridized carbons (Fsp3) is 0.571. The minimum absolute atomic E-state index is 0.825. The molecular formula is C14H18. The van der Waals surface area contributed by atoms with Gasteiger partial charge in [0, 0.05) is 5.57 Å². The summed E-state index contributed by atoms with van der Waals surface area (Å²) in [7, 11) is 0. The van der Waals surface area contributed by atoms with Gasteiger partial charge in [-0.1, -0.05) is 37.0 Å². The summed E-state index contributed by atoms with van der Waals surface area (Å²) < 4.78 is 0.